The van der Waals surface area contributed by atoms with Crippen molar-refractivity contribution < 1.29 is 9.59 Å². The SMILES string of the molecule is C[C@H]1C[C@H](N)C(=O)N(Cc2ccccc2)C1=O. The second-order valence-electron chi connectivity index (χ2n) is 4.49. The number of carbonyl (C=O) groups excluding carboxylic acids is 2. The molecule has 4 nitrogen and oxygen atoms in total. The number of hydrogen-bond acceptors (Lipinski definition) is 3. The van der Waals surface area contributed by atoms with E-state index in [9.17, 15) is 9.59 Å². The molecule has 0 radical (unpaired) electrons. The van der Waals surface area contributed by atoms with Gasteiger partial charge in [0.1, 0.15) is 0 Å². The molecule has 2 atom stereocenters. The second-order valence-corrected chi connectivity index (χ2v) is 4.49. The summed E-state index contributed by atoms with van der Waals surface area (Å²) in [4.78, 5) is 25.1. The Morgan fingerprint density at radius 2 is 1.88 bits per heavy atom. The van der Waals surface area contributed by atoms with E-state index in [2.05, 4.69) is 0 Å². The Kier molecular flexibility index (Phi) is 3.24. The van der Waals surface area contributed by atoms with Gasteiger partial charge in [0.15, 0.2) is 0 Å². The van der Waals surface area contributed by atoms with E-state index in [1.54, 1.807) is 0 Å². The lowest BCUT2D eigenvalue weighted by molar-refractivity contribution is -0.153. The van der Waals surface area contributed by atoms with Crippen LogP contribution in [0.25, 0.3) is 0 Å². The molecule has 1 fully saturated rings. The average molecular weight is 232 g/mol. The van der Waals surface area contributed by atoms with Crippen LogP contribution in [0.4, 0.5) is 0 Å². The van der Waals surface area contributed by atoms with Crippen LogP contribution < -0.4 is 5.73 Å². The number of carbonyl (C=O) groups is 2. The zero-order valence-corrected chi connectivity index (χ0v) is 9.80. The summed E-state index contributed by atoms with van der Waals surface area (Å²) in [5.74, 6) is -0.566. The van der Waals surface area contributed by atoms with Crippen molar-refractivity contribution in [1.82, 2.24) is 4.90 Å². The van der Waals surface area contributed by atoms with Crippen LogP contribution in [0.2, 0.25) is 0 Å². The van der Waals surface area contributed by atoms with Crippen molar-refractivity contribution in [2.75, 3.05) is 0 Å². The highest BCUT2D eigenvalue weighted by atomic mass is 16.2. The van der Waals surface area contributed by atoms with Gasteiger partial charge in [0.25, 0.3) is 0 Å². The predicted octanol–water partition coefficient (Wildman–Crippen LogP) is 0.909. The lowest BCUT2D eigenvalue weighted by Crippen LogP contribution is -2.53. The number of piperidine rings is 1. The van der Waals surface area contributed by atoms with Crippen molar-refractivity contribution in [3.63, 3.8) is 0 Å². The third-order valence-corrected chi connectivity index (χ3v) is 3.06. The molecule has 0 bridgehead atoms. The third kappa shape index (κ3) is 2.36. The van der Waals surface area contributed by atoms with Gasteiger partial charge in [-0.1, -0.05) is 37.3 Å². The lowest BCUT2D eigenvalue weighted by Gasteiger charge is -2.32. The Balaban J connectivity index is 2.18. The molecule has 1 aliphatic rings. The van der Waals surface area contributed by atoms with Crippen LogP contribution in [0.5, 0.6) is 0 Å². The largest absolute Gasteiger partial charge is 0.320 e. The standard InChI is InChI=1S/C13H16N2O2/c1-9-7-11(14)13(17)15(12(9)16)8-10-5-3-2-4-6-10/h2-6,9,11H,7-8,14H2,1H3/t9-,11-/m0/s1. The van der Waals surface area contributed by atoms with E-state index in [-0.39, 0.29) is 17.7 Å². The molecule has 17 heavy (non-hydrogen) atoms. The zero-order valence-electron chi connectivity index (χ0n) is 9.80. The number of rotatable bonds is 2. The van der Waals surface area contributed by atoms with Gasteiger partial charge in [-0.15, -0.1) is 0 Å². The molecule has 4 heteroatoms. The fourth-order valence-corrected chi connectivity index (χ4v) is 2.08. The summed E-state index contributed by atoms with van der Waals surface area (Å²) in [5, 5.41) is 0. The van der Waals surface area contributed by atoms with E-state index >= 15 is 0 Å². The Morgan fingerprint density at radius 1 is 1.24 bits per heavy atom. The predicted molar refractivity (Wildman–Crippen MR) is 63.8 cm³/mol. The van der Waals surface area contributed by atoms with Gasteiger partial charge in [-0.05, 0) is 12.0 Å². The van der Waals surface area contributed by atoms with E-state index < -0.39 is 6.04 Å². The summed E-state index contributed by atoms with van der Waals surface area (Å²) in [6.45, 7) is 2.13. The Hall–Kier alpha value is -1.68. The lowest BCUT2D eigenvalue weighted by atomic mass is 9.94. The third-order valence-electron chi connectivity index (χ3n) is 3.06. The molecule has 2 rings (SSSR count). The molecule has 90 valence electrons. The zero-order chi connectivity index (χ0) is 12.4. The molecule has 1 heterocycles. The summed E-state index contributed by atoms with van der Waals surface area (Å²) in [7, 11) is 0. The highest BCUT2D eigenvalue weighted by Gasteiger charge is 2.36. The van der Waals surface area contributed by atoms with Gasteiger partial charge in [0, 0.05) is 5.92 Å². The minimum Gasteiger partial charge on any atom is -0.320 e. The highest BCUT2D eigenvalue weighted by molar-refractivity contribution is 6.01. The Labute approximate surface area is 100 Å². The first kappa shape index (κ1) is 11.8. The molecule has 0 unspecified atom stereocenters. The first-order valence-corrected chi connectivity index (χ1v) is 5.74. The molecule has 1 saturated heterocycles. The molecular formula is C13H16N2O2. The van der Waals surface area contributed by atoms with Gasteiger partial charge in [-0.25, -0.2) is 0 Å². The van der Waals surface area contributed by atoms with E-state index in [0.29, 0.717) is 13.0 Å². The van der Waals surface area contributed by atoms with E-state index in [0.717, 1.165) is 5.56 Å². The van der Waals surface area contributed by atoms with Crippen molar-refractivity contribution in [2.45, 2.75) is 25.9 Å². The summed E-state index contributed by atoms with van der Waals surface area (Å²) in [5.41, 5.74) is 6.67. The summed E-state index contributed by atoms with van der Waals surface area (Å²) in [6.07, 6.45) is 0.447. The molecule has 1 aromatic carbocycles. The summed E-state index contributed by atoms with van der Waals surface area (Å²) < 4.78 is 0. The smallest absolute Gasteiger partial charge is 0.246 e. The molecule has 2 N–H and O–H groups in total. The van der Waals surface area contributed by atoms with E-state index in [1.807, 2.05) is 37.3 Å². The number of benzene rings is 1. The summed E-state index contributed by atoms with van der Waals surface area (Å²) >= 11 is 0. The minimum atomic E-state index is -0.550. The minimum absolute atomic E-state index is 0.124. The maximum absolute atomic E-state index is 11.9. The van der Waals surface area contributed by atoms with Crippen LogP contribution in [-0.2, 0) is 16.1 Å². The van der Waals surface area contributed by atoms with Crippen LogP contribution in [0.1, 0.15) is 18.9 Å². The number of likely N-dealkylation sites (tertiary alicyclic amines) is 1. The average Bonchev–Trinajstić information content (AvgIpc) is 2.33. The molecule has 0 spiro atoms. The number of nitrogens with zero attached hydrogens (tertiary/aromatic N) is 1. The first-order chi connectivity index (χ1) is 8.09. The number of amides is 2. The normalized spacial score (nSPS) is 25.2. The molecule has 2 amide bonds. The second kappa shape index (κ2) is 4.67. The first-order valence-electron chi connectivity index (χ1n) is 5.74. The summed E-state index contributed by atoms with van der Waals surface area (Å²) in [6, 6.07) is 8.91. The van der Waals surface area contributed by atoms with Crippen molar-refractivity contribution in [1.29, 1.82) is 0 Å². The molecule has 0 aliphatic carbocycles. The van der Waals surface area contributed by atoms with Gasteiger partial charge >= 0.3 is 0 Å². The quantitative estimate of drug-likeness (QED) is 0.771. The topological polar surface area (TPSA) is 63.4 Å². The molecule has 1 aliphatic heterocycles. The van der Waals surface area contributed by atoms with Crippen LogP contribution in [0.3, 0.4) is 0 Å². The van der Waals surface area contributed by atoms with Crippen LogP contribution in [0, 0.1) is 5.92 Å². The van der Waals surface area contributed by atoms with Crippen LogP contribution in [0.15, 0.2) is 30.3 Å². The number of nitrogens with two attached hydrogens (primary N) is 1. The Bertz CT molecular complexity index is 410. The maximum Gasteiger partial charge on any atom is 0.246 e. The van der Waals surface area contributed by atoms with Gasteiger partial charge in [-0.3, -0.25) is 14.5 Å². The molecule has 0 saturated carbocycles. The molecule has 1 aromatic rings. The fraction of sp³-hybridized carbons (Fsp3) is 0.385. The number of imide groups is 1. The van der Waals surface area contributed by atoms with Crippen LogP contribution in [-0.4, -0.2) is 22.8 Å². The molecule has 0 aromatic heterocycles. The van der Waals surface area contributed by atoms with Crippen molar-refractivity contribution in [2.24, 2.45) is 11.7 Å². The van der Waals surface area contributed by atoms with Crippen molar-refractivity contribution >= 4 is 11.8 Å². The molecular weight excluding hydrogens is 216 g/mol. The van der Waals surface area contributed by atoms with E-state index in [4.69, 9.17) is 5.73 Å². The fourth-order valence-electron chi connectivity index (χ4n) is 2.08. The number of hydrogen-bond donors (Lipinski definition) is 1. The van der Waals surface area contributed by atoms with E-state index in [1.165, 1.54) is 4.90 Å². The Morgan fingerprint density at radius 3 is 2.53 bits per heavy atom. The van der Waals surface area contributed by atoms with Gasteiger partial charge in [-0.2, -0.15) is 0 Å². The maximum atomic E-state index is 11.9. The van der Waals surface area contributed by atoms with Gasteiger partial charge in [0.2, 0.25) is 11.8 Å². The highest BCUT2D eigenvalue weighted by Crippen LogP contribution is 2.20. The van der Waals surface area contributed by atoms with Gasteiger partial charge < -0.3 is 5.73 Å². The van der Waals surface area contributed by atoms with Gasteiger partial charge in [0.05, 0.1) is 12.6 Å². The van der Waals surface area contributed by atoms with Crippen molar-refractivity contribution in [3.8, 4) is 0 Å². The van der Waals surface area contributed by atoms with Crippen molar-refractivity contribution in [3.05, 3.63) is 35.9 Å². The van der Waals surface area contributed by atoms with Crippen LogP contribution >= 0.6 is 0 Å². The monoisotopic (exact) mass is 232 g/mol.